The molecule has 3 nitrogen and oxygen atoms in total. The molecule has 0 aliphatic rings. The van der Waals surface area contributed by atoms with Crippen LogP contribution in [0.3, 0.4) is 0 Å². The number of rotatable bonds is 4. The second-order valence-corrected chi connectivity index (χ2v) is 5.74. The zero-order chi connectivity index (χ0) is 16.3. The highest BCUT2D eigenvalue weighted by atomic mass is 35.5. The van der Waals surface area contributed by atoms with Crippen LogP contribution >= 0.6 is 11.6 Å². The summed E-state index contributed by atoms with van der Waals surface area (Å²) in [5, 5.41) is 6.78. The first-order valence-electron chi connectivity index (χ1n) is 7.04. The van der Waals surface area contributed by atoms with E-state index in [1.807, 2.05) is 20.8 Å². The quantitative estimate of drug-likeness (QED) is 0.504. The monoisotopic (exact) mass is 319 g/mol. The van der Waals surface area contributed by atoms with Crippen molar-refractivity contribution in [2.24, 2.45) is 5.10 Å². The van der Waals surface area contributed by atoms with Crippen LogP contribution in [0.2, 0.25) is 5.02 Å². The summed E-state index contributed by atoms with van der Waals surface area (Å²) in [4.78, 5) is 0. The Balaban J connectivity index is 2.46. The number of nitrogen functional groups attached to an aromatic ring is 1. The molecule has 0 spiro atoms. The van der Waals surface area contributed by atoms with Gasteiger partial charge in [-0.3, -0.25) is 5.01 Å². The van der Waals surface area contributed by atoms with E-state index >= 15 is 0 Å². The summed E-state index contributed by atoms with van der Waals surface area (Å²) >= 11 is 6.02. The largest absolute Gasteiger partial charge is 0.398 e. The Labute approximate surface area is 135 Å². The summed E-state index contributed by atoms with van der Waals surface area (Å²) in [5.41, 5.74) is 8.42. The highest BCUT2D eigenvalue weighted by Gasteiger charge is 2.15. The lowest BCUT2D eigenvalue weighted by molar-refractivity contribution is 0.606. The van der Waals surface area contributed by atoms with Gasteiger partial charge in [0.05, 0.1) is 11.4 Å². The molecule has 0 saturated heterocycles. The molecule has 2 rings (SSSR count). The molecule has 0 aliphatic heterocycles. The molecule has 0 radical (unpaired) electrons. The topological polar surface area (TPSA) is 41.6 Å². The maximum absolute atomic E-state index is 14.0. The van der Waals surface area contributed by atoms with E-state index in [1.54, 1.807) is 41.4 Å². The lowest BCUT2D eigenvalue weighted by Crippen LogP contribution is -2.27. The third kappa shape index (κ3) is 3.57. The average molecular weight is 320 g/mol. The van der Waals surface area contributed by atoms with E-state index in [4.69, 9.17) is 17.3 Å². The molecule has 2 N–H and O–H groups in total. The molecule has 0 aliphatic carbocycles. The van der Waals surface area contributed by atoms with Crippen molar-refractivity contribution in [2.45, 2.75) is 26.8 Å². The first kappa shape index (κ1) is 16.3. The number of para-hydroxylation sites is 1. The van der Waals surface area contributed by atoms with Gasteiger partial charge in [0.25, 0.3) is 0 Å². The molecule has 0 bridgehead atoms. The summed E-state index contributed by atoms with van der Waals surface area (Å²) in [5.74, 6) is -0.313. The van der Waals surface area contributed by atoms with Crippen LogP contribution in [0.15, 0.2) is 47.6 Å². The van der Waals surface area contributed by atoms with E-state index in [9.17, 15) is 4.39 Å². The van der Waals surface area contributed by atoms with Gasteiger partial charge in [0.15, 0.2) is 0 Å². The second kappa shape index (κ2) is 6.79. The van der Waals surface area contributed by atoms with Crippen LogP contribution in [-0.2, 0) is 0 Å². The third-order valence-corrected chi connectivity index (χ3v) is 3.49. The fourth-order valence-electron chi connectivity index (χ4n) is 2.14. The molecule has 0 saturated carbocycles. The predicted octanol–water partition coefficient (Wildman–Crippen LogP) is 4.70. The molecule has 0 aromatic heterocycles. The highest BCUT2D eigenvalue weighted by Crippen LogP contribution is 2.24. The van der Waals surface area contributed by atoms with Crippen LogP contribution in [0.4, 0.5) is 15.8 Å². The van der Waals surface area contributed by atoms with Crippen LogP contribution in [0.1, 0.15) is 26.3 Å². The fraction of sp³-hybridized carbons (Fsp3) is 0.235. The summed E-state index contributed by atoms with van der Waals surface area (Å²) < 4.78 is 14.0. The Hall–Kier alpha value is -2.07. The van der Waals surface area contributed by atoms with Gasteiger partial charge >= 0.3 is 0 Å². The maximum Gasteiger partial charge on any atom is 0.148 e. The summed E-state index contributed by atoms with van der Waals surface area (Å²) in [6.45, 7) is 5.73. The molecule has 22 heavy (non-hydrogen) atoms. The first-order chi connectivity index (χ1) is 10.4. The number of hydrazone groups is 1. The van der Waals surface area contributed by atoms with Crippen molar-refractivity contribution in [3.63, 3.8) is 0 Å². The molecule has 116 valence electrons. The zero-order valence-corrected chi connectivity index (χ0v) is 13.6. The molecule has 0 fully saturated rings. The zero-order valence-electron chi connectivity index (χ0n) is 12.8. The minimum atomic E-state index is -0.313. The summed E-state index contributed by atoms with van der Waals surface area (Å²) in [6, 6.07) is 11.8. The second-order valence-electron chi connectivity index (χ2n) is 5.31. The lowest BCUT2D eigenvalue weighted by atomic mass is 10.1. The van der Waals surface area contributed by atoms with E-state index in [-0.39, 0.29) is 11.9 Å². The van der Waals surface area contributed by atoms with Crippen molar-refractivity contribution in [2.75, 3.05) is 10.7 Å². The number of nitrogens with zero attached hydrogens (tertiary/aromatic N) is 2. The van der Waals surface area contributed by atoms with Crippen molar-refractivity contribution < 1.29 is 4.39 Å². The van der Waals surface area contributed by atoms with Crippen molar-refractivity contribution in [1.29, 1.82) is 0 Å². The first-order valence-corrected chi connectivity index (χ1v) is 7.42. The average Bonchev–Trinajstić information content (AvgIpc) is 2.47. The number of hydrogen-bond acceptors (Lipinski definition) is 3. The van der Waals surface area contributed by atoms with Crippen molar-refractivity contribution in [3.8, 4) is 0 Å². The SMILES string of the molecule is C/C(=N\N(c1ccccc1F)C(C)C)c1cc(Cl)ccc1N. The molecule has 0 amide bonds. The van der Waals surface area contributed by atoms with Gasteiger partial charge in [-0.05, 0) is 51.1 Å². The van der Waals surface area contributed by atoms with E-state index in [0.717, 1.165) is 5.56 Å². The minimum absolute atomic E-state index is 0.00717. The molecule has 2 aromatic rings. The highest BCUT2D eigenvalue weighted by molar-refractivity contribution is 6.31. The van der Waals surface area contributed by atoms with Crippen molar-refractivity contribution >= 4 is 28.7 Å². The molecule has 0 unspecified atom stereocenters. The molecule has 5 heteroatoms. The molecular formula is C17H19ClFN3. The Bertz CT molecular complexity index is 698. The van der Waals surface area contributed by atoms with Crippen LogP contribution < -0.4 is 10.7 Å². The molecule has 2 aromatic carbocycles. The van der Waals surface area contributed by atoms with Crippen molar-refractivity contribution in [3.05, 3.63) is 58.9 Å². The Morgan fingerprint density at radius 2 is 1.91 bits per heavy atom. The van der Waals surface area contributed by atoms with Gasteiger partial charge in [-0.25, -0.2) is 4.39 Å². The normalized spacial score (nSPS) is 11.8. The van der Waals surface area contributed by atoms with Gasteiger partial charge in [0, 0.05) is 22.3 Å². The van der Waals surface area contributed by atoms with E-state index in [0.29, 0.717) is 22.1 Å². The lowest BCUT2D eigenvalue weighted by Gasteiger charge is -2.25. The van der Waals surface area contributed by atoms with Crippen LogP contribution in [0.5, 0.6) is 0 Å². The molecular weight excluding hydrogens is 301 g/mol. The number of benzene rings is 2. The van der Waals surface area contributed by atoms with Crippen molar-refractivity contribution in [1.82, 2.24) is 0 Å². The number of anilines is 2. The van der Waals surface area contributed by atoms with Gasteiger partial charge in [-0.1, -0.05) is 23.7 Å². The minimum Gasteiger partial charge on any atom is -0.398 e. The van der Waals surface area contributed by atoms with E-state index in [2.05, 4.69) is 5.10 Å². The number of nitrogens with two attached hydrogens (primary N) is 1. The van der Waals surface area contributed by atoms with E-state index < -0.39 is 0 Å². The van der Waals surface area contributed by atoms with E-state index in [1.165, 1.54) is 6.07 Å². The number of halogens is 2. The van der Waals surface area contributed by atoms with Gasteiger partial charge in [-0.15, -0.1) is 0 Å². The predicted molar refractivity (Wildman–Crippen MR) is 92.1 cm³/mol. The van der Waals surface area contributed by atoms with Gasteiger partial charge in [0.1, 0.15) is 5.82 Å². The Morgan fingerprint density at radius 1 is 1.23 bits per heavy atom. The summed E-state index contributed by atoms with van der Waals surface area (Å²) in [6.07, 6.45) is 0. The standard InChI is InChI=1S/C17H19ClFN3/c1-11(2)22(17-7-5-4-6-15(17)19)21-12(3)14-10-13(18)8-9-16(14)20/h4-11H,20H2,1-3H3/b21-12+. The Morgan fingerprint density at radius 3 is 2.55 bits per heavy atom. The molecule has 0 heterocycles. The fourth-order valence-corrected chi connectivity index (χ4v) is 2.31. The van der Waals surface area contributed by atoms with Gasteiger partial charge < -0.3 is 5.73 Å². The summed E-state index contributed by atoms with van der Waals surface area (Å²) in [7, 11) is 0. The van der Waals surface area contributed by atoms with Crippen LogP contribution in [-0.4, -0.2) is 11.8 Å². The number of hydrogen-bond donors (Lipinski definition) is 1. The third-order valence-electron chi connectivity index (χ3n) is 3.25. The van der Waals surface area contributed by atoms with Crippen LogP contribution in [0, 0.1) is 5.82 Å². The smallest absolute Gasteiger partial charge is 0.148 e. The van der Waals surface area contributed by atoms with Gasteiger partial charge in [-0.2, -0.15) is 5.10 Å². The van der Waals surface area contributed by atoms with Crippen LogP contribution in [0.25, 0.3) is 0 Å². The molecule has 0 atom stereocenters. The Kier molecular flexibility index (Phi) is 5.03. The van der Waals surface area contributed by atoms with Gasteiger partial charge in [0.2, 0.25) is 0 Å². The maximum atomic E-state index is 14.0.